The maximum absolute atomic E-state index is 13.1. The molecule has 3 amide bonds. The minimum absolute atomic E-state index is 0.0286. The zero-order valence-electron chi connectivity index (χ0n) is 23.3. The number of nitrogens with zero attached hydrogens (tertiary/aromatic N) is 1. The minimum atomic E-state index is -0.383. The topological polar surface area (TPSA) is 109 Å². The van der Waals surface area contributed by atoms with Gasteiger partial charge >= 0.3 is 0 Å². The summed E-state index contributed by atoms with van der Waals surface area (Å²) in [7, 11) is 3.16. The molecule has 1 saturated heterocycles. The fraction of sp³-hybridized carbons (Fsp3) is 0.323. The Balaban J connectivity index is 1.49. The van der Waals surface area contributed by atoms with E-state index >= 15 is 0 Å². The second kappa shape index (κ2) is 14.5. The number of carbonyl (C=O) groups is 3. The summed E-state index contributed by atoms with van der Waals surface area (Å²) in [4.78, 5) is 41.1. The normalized spacial score (nSPS) is 13.2. The first kappa shape index (κ1) is 29.9. The number of benzene rings is 3. The first-order valence-electron chi connectivity index (χ1n) is 13.6. The van der Waals surface area contributed by atoms with Crippen LogP contribution in [-0.4, -0.2) is 69.6 Å². The Bertz CT molecular complexity index is 1390. The van der Waals surface area contributed by atoms with Crippen LogP contribution in [0.5, 0.6) is 11.5 Å². The van der Waals surface area contributed by atoms with Gasteiger partial charge in [-0.25, -0.2) is 0 Å². The Morgan fingerprint density at radius 2 is 1.71 bits per heavy atom. The lowest BCUT2D eigenvalue weighted by molar-refractivity contribution is -0.130. The predicted molar refractivity (Wildman–Crippen MR) is 159 cm³/mol. The van der Waals surface area contributed by atoms with E-state index in [0.717, 1.165) is 25.1 Å². The summed E-state index contributed by atoms with van der Waals surface area (Å²) in [6.07, 6.45) is 1.57. The van der Waals surface area contributed by atoms with Gasteiger partial charge in [0.1, 0.15) is 0 Å². The number of methoxy groups -OCH3 is 2. The molecule has 0 unspecified atom stereocenters. The molecule has 3 aromatic carbocycles. The Morgan fingerprint density at radius 1 is 0.902 bits per heavy atom. The lowest BCUT2D eigenvalue weighted by Gasteiger charge is -2.21. The third-order valence-corrected chi connectivity index (χ3v) is 7.12. The number of halogens is 1. The van der Waals surface area contributed by atoms with Crippen molar-refractivity contribution in [3.63, 3.8) is 0 Å². The lowest BCUT2D eigenvalue weighted by Crippen LogP contribution is -2.35. The average molecular weight is 579 g/mol. The van der Waals surface area contributed by atoms with Gasteiger partial charge in [-0.05, 0) is 73.0 Å². The second-order valence-electron chi connectivity index (χ2n) is 9.69. The van der Waals surface area contributed by atoms with Crippen molar-refractivity contribution in [2.24, 2.45) is 0 Å². The first-order chi connectivity index (χ1) is 19.9. The van der Waals surface area contributed by atoms with Crippen LogP contribution in [0.15, 0.2) is 60.7 Å². The van der Waals surface area contributed by atoms with Crippen LogP contribution >= 0.6 is 11.6 Å². The molecule has 10 heteroatoms. The van der Waals surface area contributed by atoms with Crippen molar-refractivity contribution in [2.45, 2.75) is 19.3 Å². The highest BCUT2D eigenvalue weighted by atomic mass is 35.5. The van der Waals surface area contributed by atoms with Crippen LogP contribution in [0.2, 0.25) is 5.02 Å². The molecule has 1 aliphatic rings. The van der Waals surface area contributed by atoms with Gasteiger partial charge in [0, 0.05) is 48.0 Å². The van der Waals surface area contributed by atoms with Crippen LogP contribution in [0.1, 0.15) is 38.3 Å². The molecule has 41 heavy (non-hydrogen) atoms. The quantitative estimate of drug-likeness (QED) is 0.336. The molecule has 4 rings (SSSR count). The van der Waals surface area contributed by atoms with E-state index in [2.05, 4.69) is 16.0 Å². The number of rotatable bonds is 10. The summed E-state index contributed by atoms with van der Waals surface area (Å²) in [5.74, 6) is 0.558. The fourth-order valence-electron chi connectivity index (χ4n) is 4.64. The van der Waals surface area contributed by atoms with Gasteiger partial charge in [-0.1, -0.05) is 29.8 Å². The zero-order valence-corrected chi connectivity index (χ0v) is 24.1. The molecule has 0 atom stereocenters. The van der Waals surface area contributed by atoms with Gasteiger partial charge in [-0.15, -0.1) is 0 Å². The van der Waals surface area contributed by atoms with Gasteiger partial charge in [0.25, 0.3) is 11.8 Å². The van der Waals surface area contributed by atoms with Crippen LogP contribution in [0.25, 0.3) is 0 Å². The van der Waals surface area contributed by atoms with E-state index in [1.165, 1.54) is 0 Å². The minimum Gasteiger partial charge on any atom is -0.493 e. The van der Waals surface area contributed by atoms with Crippen molar-refractivity contribution in [3.8, 4) is 11.5 Å². The van der Waals surface area contributed by atoms with Gasteiger partial charge < -0.3 is 30.3 Å². The van der Waals surface area contributed by atoms with Crippen molar-refractivity contribution >= 4 is 35.0 Å². The van der Waals surface area contributed by atoms with Gasteiger partial charge in [0.15, 0.2) is 11.5 Å². The molecule has 0 bridgehead atoms. The number of hydrogen-bond acceptors (Lipinski definition) is 6. The largest absolute Gasteiger partial charge is 0.493 e. The number of amides is 3. The highest BCUT2D eigenvalue weighted by molar-refractivity contribution is 6.31. The predicted octanol–water partition coefficient (Wildman–Crippen LogP) is 3.95. The molecule has 216 valence electrons. The van der Waals surface area contributed by atoms with E-state index in [0.29, 0.717) is 65.0 Å². The standard InChI is InChI=1S/C31H35ClN4O5/c1-40-27-10-7-21(17-28(27)41-2)11-13-34-30(38)24-9-8-22(20-29(37)36-15-4-12-33-14-16-36)26(19-24)35-31(39)23-5-3-6-25(32)18-23/h3,5-10,17-19,33H,4,11-16,20H2,1-2H3,(H,34,38)(H,35,39). The number of anilines is 1. The zero-order chi connectivity index (χ0) is 29.2. The Labute approximate surface area is 245 Å². The van der Waals surface area contributed by atoms with Crippen molar-refractivity contribution in [1.82, 2.24) is 15.5 Å². The van der Waals surface area contributed by atoms with E-state index in [-0.39, 0.29) is 24.1 Å². The van der Waals surface area contributed by atoms with Crippen LogP contribution in [0, 0.1) is 0 Å². The smallest absolute Gasteiger partial charge is 0.255 e. The molecular weight excluding hydrogens is 544 g/mol. The highest BCUT2D eigenvalue weighted by Gasteiger charge is 2.20. The Kier molecular flexibility index (Phi) is 10.6. The van der Waals surface area contributed by atoms with E-state index in [1.54, 1.807) is 56.7 Å². The molecule has 0 radical (unpaired) electrons. The summed E-state index contributed by atoms with van der Waals surface area (Å²) >= 11 is 6.08. The number of carbonyl (C=O) groups excluding carboxylic acids is 3. The van der Waals surface area contributed by atoms with E-state index < -0.39 is 0 Å². The summed E-state index contributed by atoms with van der Waals surface area (Å²) in [6.45, 7) is 3.31. The van der Waals surface area contributed by atoms with Crippen LogP contribution in [0.3, 0.4) is 0 Å². The van der Waals surface area contributed by atoms with Crippen molar-refractivity contribution in [1.29, 1.82) is 0 Å². The van der Waals surface area contributed by atoms with E-state index in [1.807, 2.05) is 23.1 Å². The van der Waals surface area contributed by atoms with Crippen molar-refractivity contribution in [3.05, 3.63) is 87.9 Å². The van der Waals surface area contributed by atoms with Crippen LogP contribution in [-0.2, 0) is 17.6 Å². The van der Waals surface area contributed by atoms with Crippen LogP contribution in [0.4, 0.5) is 5.69 Å². The molecule has 9 nitrogen and oxygen atoms in total. The summed E-state index contributed by atoms with van der Waals surface area (Å²) < 4.78 is 10.6. The third kappa shape index (κ3) is 8.22. The molecule has 0 spiro atoms. The summed E-state index contributed by atoms with van der Waals surface area (Å²) in [6, 6.07) is 17.2. The van der Waals surface area contributed by atoms with Crippen LogP contribution < -0.4 is 25.4 Å². The maximum atomic E-state index is 13.1. The Hall–Kier alpha value is -4.08. The van der Waals surface area contributed by atoms with Gasteiger partial charge in [0.05, 0.1) is 20.6 Å². The monoisotopic (exact) mass is 578 g/mol. The van der Waals surface area contributed by atoms with Gasteiger partial charge in [-0.3, -0.25) is 14.4 Å². The molecule has 3 aromatic rings. The summed E-state index contributed by atoms with van der Waals surface area (Å²) in [5.41, 5.74) is 2.76. The SMILES string of the molecule is COc1ccc(CCNC(=O)c2ccc(CC(=O)N3CCCNCC3)c(NC(=O)c3cccc(Cl)c3)c2)cc1OC. The van der Waals surface area contributed by atoms with Crippen molar-refractivity contribution in [2.75, 3.05) is 52.3 Å². The van der Waals surface area contributed by atoms with E-state index in [9.17, 15) is 14.4 Å². The Morgan fingerprint density at radius 3 is 2.49 bits per heavy atom. The van der Waals surface area contributed by atoms with Gasteiger partial charge in [-0.2, -0.15) is 0 Å². The third-order valence-electron chi connectivity index (χ3n) is 6.89. The number of nitrogens with one attached hydrogen (secondary N) is 3. The maximum Gasteiger partial charge on any atom is 0.255 e. The van der Waals surface area contributed by atoms with Gasteiger partial charge in [0.2, 0.25) is 5.91 Å². The first-order valence-corrected chi connectivity index (χ1v) is 13.9. The summed E-state index contributed by atoms with van der Waals surface area (Å²) in [5, 5.41) is 9.55. The number of ether oxygens (including phenoxy) is 2. The molecule has 1 fully saturated rings. The lowest BCUT2D eigenvalue weighted by atomic mass is 10.0. The molecule has 1 heterocycles. The highest BCUT2D eigenvalue weighted by Crippen LogP contribution is 2.27. The van der Waals surface area contributed by atoms with Crippen molar-refractivity contribution < 1.29 is 23.9 Å². The molecule has 0 aliphatic carbocycles. The fourth-order valence-corrected chi connectivity index (χ4v) is 4.83. The second-order valence-corrected chi connectivity index (χ2v) is 10.1. The molecule has 0 saturated carbocycles. The van der Waals surface area contributed by atoms with E-state index in [4.69, 9.17) is 21.1 Å². The molecular formula is C31H35ClN4O5. The number of hydrogen-bond donors (Lipinski definition) is 3. The average Bonchev–Trinajstić information content (AvgIpc) is 3.28. The molecule has 1 aliphatic heterocycles. The molecule has 3 N–H and O–H groups in total. The molecule has 0 aromatic heterocycles.